The fraction of sp³-hybridized carbons (Fsp3) is 0.400. The maximum atomic E-state index is 2.79. The molecule has 1 atom stereocenters. The minimum absolute atomic E-state index is 1.12. The Kier molecular flexibility index (Phi) is 2.67. The van der Waals surface area contributed by atoms with E-state index in [1.807, 2.05) is 0 Å². The highest BCUT2D eigenvalue weighted by Gasteiger charge is 1.98. The van der Waals surface area contributed by atoms with Crippen molar-refractivity contribution < 1.29 is 0 Å². The van der Waals surface area contributed by atoms with Crippen molar-refractivity contribution in [3.63, 3.8) is 0 Å². The first-order valence-corrected chi connectivity index (χ1v) is 4.58. The standard InChI is InChI=1S/C10H15P/c1-4-9-5-7(2)8(3)6-10(9)11/h5-6H,4,11H2,1-3H3. The van der Waals surface area contributed by atoms with Crippen LogP contribution in [0, 0.1) is 13.8 Å². The van der Waals surface area contributed by atoms with Gasteiger partial charge in [-0.1, -0.05) is 19.1 Å². The highest BCUT2D eigenvalue weighted by Crippen LogP contribution is 2.10. The predicted molar refractivity (Wildman–Crippen MR) is 54.6 cm³/mol. The van der Waals surface area contributed by atoms with Gasteiger partial charge in [-0.25, -0.2) is 0 Å². The van der Waals surface area contributed by atoms with E-state index in [4.69, 9.17) is 0 Å². The van der Waals surface area contributed by atoms with Gasteiger partial charge in [0.2, 0.25) is 0 Å². The maximum Gasteiger partial charge on any atom is -0.0268 e. The van der Waals surface area contributed by atoms with Crippen molar-refractivity contribution in [2.75, 3.05) is 0 Å². The highest BCUT2D eigenvalue weighted by molar-refractivity contribution is 7.27. The summed E-state index contributed by atoms with van der Waals surface area (Å²) < 4.78 is 0. The zero-order valence-corrected chi connectivity index (χ0v) is 8.59. The normalized spacial score (nSPS) is 10.2. The van der Waals surface area contributed by atoms with Crippen molar-refractivity contribution in [3.05, 3.63) is 28.8 Å². The van der Waals surface area contributed by atoms with E-state index in [0.29, 0.717) is 0 Å². The van der Waals surface area contributed by atoms with Gasteiger partial charge in [0.25, 0.3) is 0 Å². The van der Waals surface area contributed by atoms with E-state index in [0.717, 1.165) is 6.42 Å². The summed E-state index contributed by atoms with van der Waals surface area (Å²) in [5.74, 6) is 0. The van der Waals surface area contributed by atoms with Crippen LogP contribution in [-0.2, 0) is 6.42 Å². The molecule has 0 bridgehead atoms. The molecule has 0 aliphatic heterocycles. The summed E-state index contributed by atoms with van der Waals surface area (Å²) in [5, 5.41) is 1.34. The first-order valence-electron chi connectivity index (χ1n) is 4.00. The number of hydrogen-bond acceptors (Lipinski definition) is 0. The molecule has 0 fully saturated rings. The molecule has 0 heterocycles. The van der Waals surface area contributed by atoms with Gasteiger partial charge in [0, 0.05) is 0 Å². The van der Waals surface area contributed by atoms with Crippen LogP contribution in [-0.4, -0.2) is 0 Å². The Morgan fingerprint density at radius 1 is 1.18 bits per heavy atom. The lowest BCUT2D eigenvalue weighted by molar-refractivity contribution is 1.14. The molecule has 60 valence electrons. The van der Waals surface area contributed by atoms with Gasteiger partial charge in [0.1, 0.15) is 0 Å². The SMILES string of the molecule is CCc1cc(C)c(C)cc1P. The molecule has 0 saturated carbocycles. The molecule has 0 amide bonds. The lowest BCUT2D eigenvalue weighted by Crippen LogP contribution is -2.02. The Hall–Kier alpha value is -0.350. The first kappa shape index (κ1) is 8.74. The maximum absolute atomic E-state index is 2.79. The third-order valence-electron chi connectivity index (χ3n) is 2.14. The fourth-order valence-corrected chi connectivity index (χ4v) is 1.74. The van der Waals surface area contributed by atoms with E-state index >= 15 is 0 Å². The van der Waals surface area contributed by atoms with Gasteiger partial charge >= 0.3 is 0 Å². The summed E-state index contributed by atoms with van der Waals surface area (Å²) >= 11 is 0. The van der Waals surface area contributed by atoms with E-state index in [1.165, 1.54) is 22.0 Å². The molecule has 11 heavy (non-hydrogen) atoms. The fourth-order valence-electron chi connectivity index (χ4n) is 1.20. The van der Waals surface area contributed by atoms with Crippen LogP contribution in [0.4, 0.5) is 0 Å². The molecule has 1 heteroatoms. The van der Waals surface area contributed by atoms with Crippen LogP contribution >= 0.6 is 9.24 Å². The average Bonchev–Trinajstić information content (AvgIpc) is 1.97. The highest BCUT2D eigenvalue weighted by atomic mass is 31.0. The summed E-state index contributed by atoms with van der Waals surface area (Å²) in [6, 6.07) is 4.51. The molecule has 1 unspecified atom stereocenters. The van der Waals surface area contributed by atoms with E-state index < -0.39 is 0 Å². The summed E-state index contributed by atoms with van der Waals surface area (Å²) in [7, 11) is 2.79. The number of aryl methyl sites for hydroxylation is 3. The van der Waals surface area contributed by atoms with Gasteiger partial charge in [-0.3, -0.25) is 0 Å². The summed E-state index contributed by atoms with van der Waals surface area (Å²) in [6.45, 7) is 6.51. The van der Waals surface area contributed by atoms with E-state index in [-0.39, 0.29) is 0 Å². The molecule has 1 aromatic rings. The Morgan fingerprint density at radius 3 is 2.27 bits per heavy atom. The Morgan fingerprint density at radius 2 is 1.73 bits per heavy atom. The van der Waals surface area contributed by atoms with Crippen LogP contribution < -0.4 is 5.30 Å². The first-order chi connectivity index (χ1) is 5.15. The number of hydrogen-bond donors (Lipinski definition) is 0. The van der Waals surface area contributed by atoms with Crippen molar-refractivity contribution in [1.29, 1.82) is 0 Å². The van der Waals surface area contributed by atoms with Gasteiger partial charge in [0.05, 0.1) is 0 Å². The van der Waals surface area contributed by atoms with E-state index in [1.54, 1.807) is 0 Å². The molecule has 0 nitrogen and oxygen atoms in total. The Balaban J connectivity index is 3.21. The Bertz CT molecular complexity index is 264. The van der Waals surface area contributed by atoms with Gasteiger partial charge in [-0.2, -0.15) is 0 Å². The van der Waals surface area contributed by atoms with Crippen LogP contribution in [0.3, 0.4) is 0 Å². The van der Waals surface area contributed by atoms with Gasteiger partial charge < -0.3 is 0 Å². The molecule has 0 N–H and O–H groups in total. The summed E-state index contributed by atoms with van der Waals surface area (Å²) in [4.78, 5) is 0. The quantitative estimate of drug-likeness (QED) is 0.562. The zero-order chi connectivity index (χ0) is 8.43. The van der Waals surface area contributed by atoms with Crippen LogP contribution in [0.1, 0.15) is 23.6 Å². The second-order valence-electron chi connectivity index (χ2n) is 2.99. The summed E-state index contributed by atoms with van der Waals surface area (Å²) in [5.41, 5.74) is 4.22. The third kappa shape index (κ3) is 1.81. The largest absolute Gasteiger partial charge is 0.105 e. The van der Waals surface area contributed by atoms with Gasteiger partial charge in [0.15, 0.2) is 0 Å². The summed E-state index contributed by atoms with van der Waals surface area (Å²) in [6.07, 6.45) is 1.12. The topological polar surface area (TPSA) is 0 Å². The van der Waals surface area contributed by atoms with Crippen molar-refractivity contribution in [2.45, 2.75) is 27.2 Å². The molecule has 0 saturated heterocycles. The van der Waals surface area contributed by atoms with Crippen molar-refractivity contribution >= 4 is 14.5 Å². The molecule has 0 radical (unpaired) electrons. The minimum Gasteiger partial charge on any atom is -0.105 e. The van der Waals surface area contributed by atoms with Crippen LogP contribution in [0.15, 0.2) is 12.1 Å². The van der Waals surface area contributed by atoms with Gasteiger partial charge in [-0.05, 0) is 42.3 Å². The number of benzene rings is 1. The molecule has 0 aliphatic rings. The molecular weight excluding hydrogens is 151 g/mol. The molecule has 1 aromatic carbocycles. The van der Waals surface area contributed by atoms with Crippen LogP contribution in [0.5, 0.6) is 0 Å². The van der Waals surface area contributed by atoms with E-state index in [2.05, 4.69) is 42.1 Å². The third-order valence-corrected chi connectivity index (χ3v) is 2.67. The van der Waals surface area contributed by atoms with Gasteiger partial charge in [-0.15, -0.1) is 9.24 Å². The smallest absolute Gasteiger partial charge is 0.0268 e. The second-order valence-corrected chi connectivity index (χ2v) is 3.61. The van der Waals surface area contributed by atoms with Crippen molar-refractivity contribution in [2.24, 2.45) is 0 Å². The second kappa shape index (κ2) is 3.36. The Labute approximate surface area is 71.2 Å². The average molecular weight is 166 g/mol. The van der Waals surface area contributed by atoms with Crippen LogP contribution in [0.2, 0.25) is 0 Å². The van der Waals surface area contributed by atoms with E-state index in [9.17, 15) is 0 Å². The molecule has 0 spiro atoms. The molecule has 1 rings (SSSR count). The zero-order valence-electron chi connectivity index (χ0n) is 7.44. The number of rotatable bonds is 1. The monoisotopic (exact) mass is 166 g/mol. The predicted octanol–water partition coefficient (Wildman–Crippen LogP) is 2.37. The lowest BCUT2D eigenvalue weighted by Gasteiger charge is -2.06. The van der Waals surface area contributed by atoms with Crippen LogP contribution in [0.25, 0.3) is 0 Å². The van der Waals surface area contributed by atoms with Crippen molar-refractivity contribution in [1.82, 2.24) is 0 Å². The molecular formula is C10H15P. The minimum atomic E-state index is 1.12. The molecule has 0 aliphatic carbocycles. The lowest BCUT2D eigenvalue weighted by atomic mass is 10.0. The molecule has 0 aromatic heterocycles. The van der Waals surface area contributed by atoms with Crippen molar-refractivity contribution in [3.8, 4) is 0 Å².